The van der Waals surface area contributed by atoms with Crippen molar-refractivity contribution < 1.29 is 22.7 Å². The molecule has 176 valence electrons. The fourth-order valence-electron chi connectivity index (χ4n) is 3.65. The molecule has 1 aliphatic heterocycles. The van der Waals surface area contributed by atoms with Crippen LogP contribution in [0.5, 0.6) is 5.75 Å². The van der Waals surface area contributed by atoms with Gasteiger partial charge in [0.2, 0.25) is 10.0 Å². The Balaban J connectivity index is 1.33. The number of carbonyl (C=O) groups is 2. The van der Waals surface area contributed by atoms with E-state index in [0.717, 1.165) is 0 Å². The van der Waals surface area contributed by atoms with Gasteiger partial charge in [0, 0.05) is 31.9 Å². The fraction of sp³-hybridized carbons (Fsp3) is 0.200. The van der Waals surface area contributed by atoms with E-state index in [1.54, 1.807) is 71.6 Å². The van der Waals surface area contributed by atoms with Gasteiger partial charge < -0.3 is 15.0 Å². The molecule has 1 aliphatic rings. The first-order valence-corrected chi connectivity index (χ1v) is 12.3. The average molecular weight is 480 g/mol. The lowest BCUT2D eigenvalue weighted by Crippen LogP contribution is -2.51. The highest BCUT2D eigenvalue weighted by Crippen LogP contribution is 2.21. The Labute approximate surface area is 198 Å². The summed E-state index contributed by atoms with van der Waals surface area (Å²) in [5.74, 6) is -0.307. The summed E-state index contributed by atoms with van der Waals surface area (Å²) in [5.41, 5.74) is 0.972. The number of nitrogens with zero attached hydrogens (tertiary/aromatic N) is 2. The number of anilines is 1. The Morgan fingerprint density at radius 2 is 1.38 bits per heavy atom. The van der Waals surface area contributed by atoms with Gasteiger partial charge in [-0.2, -0.15) is 4.31 Å². The highest BCUT2D eigenvalue weighted by atomic mass is 32.2. The third kappa shape index (κ3) is 5.44. The van der Waals surface area contributed by atoms with Gasteiger partial charge in [-0.05, 0) is 36.4 Å². The number of sulfonamides is 1. The first-order chi connectivity index (χ1) is 16.4. The summed E-state index contributed by atoms with van der Waals surface area (Å²) in [7, 11) is -3.59. The van der Waals surface area contributed by atoms with E-state index in [2.05, 4.69) is 5.32 Å². The third-order valence-corrected chi connectivity index (χ3v) is 7.40. The molecule has 34 heavy (non-hydrogen) atoms. The van der Waals surface area contributed by atoms with Crippen LogP contribution in [0.15, 0.2) is 89.8 Å². The lowest BCUT2D eigenvalue weighted by Gasteiger charge is -2.34. The number of carbonyl (C=O) groups excluding carboxylic acids is 2. The molecule has 8 nitrogen and oxygen atoms in total. The van der Waals surface area contributed by atoms with E-state index < -0.39 is 10.0 Å². The van der Waals surface area contributed by atoms with E-state index in [1.807, 2.05) is 18.2 Å². The number of benzene rings is 3. The summed E-state index contributed by atoms with van der Waals surface area (Å²) >= 11 is 0. The molecule has 1 heterocycles. The van der Waals surface area contributed by atoms with Crippen LogP contribution >= 0.6 is 0 Å². The molecule has 0 saturated carbocycles. The van der Waals surface area contributed by atoms with Gasteiger partial charge in [-0.15, -0.1) is 0 Å². The van der Waals surface area contributed by atoms with Crippen molar-refractivity contribution >= 4 is 27.5 Å². The van der Waals surface area contributed by atoms with Crippen molar-refractivity contribution in [2.45, 2.75) is 4.90 Å². The van der Waals surface area contributed by atoms with Gasteiger partial charge in [-0.3, -0.25) is 9.59 Å². The van der Waals surface area contributed by atoms with Crippen LogP contribution in [-0.4, -0.2) is 62.2 Å². The van der Waals surface area contributed by atoms with E-state index in [4.69, 9.17) is 4.74 Å². The molecular weight excluding hydrogens is 454 g/mol. The molecule has 1 fully saturated rings. The molecule has 1 N–H and O–H groups in total. The van der Waals surface area contributed by atoms with Crippen molar-refractivity contribution in [1.29, 1.82) is 0 Å². The maximum Gasteiger partial charge on any atom is 0.260 e. The van der Waals surface area contributed by atoms with Crippen molar-refractivity contribution in [1.82, 2.24) is 9.21 Å². The van der Waals surface area contributed by atoms with Crippen LogP contribution < -0.4 is 10.1 Å². The molecule has 3 aromatic rings. The van der Waals surface area contributed by atoms with Gasteiger partial charge in [-0.25, -0.2) is 8.42 Å². The Bertz CT molecular complexity index is 1240. The number of hydrogen-bond donors (Lipinski definition) is 1. The number of ether oxygens (including phenoxy) is 1. The maximum absolute atomic E-state index is 12.8. The Morgan fingerprint density at radius 3 is 2.06 bits per heavy atom. The summed E-state index contributed by atoms with van der Waals surface area (Å²) in [6.45, 7) is 0.702. The second-order valence-corrected chi connectivity index (χ2v) is 9.64. The van der Waals surface area contributed by atoms with E-state index >= 15 is 0 Å². The van der Waals surface area contributed by atoms with E-state index in [1.165, 1.54) is 4.31 Å². The Hall–Kier alpha value is -3.69. The zero-order valence-corrected chi connectivity index (χ0v) is 19.3. The van der Waals surface area contributed by atoms with Gasteiger partial charge in [0.1, 0.15) is 5.75 Å². The molecule has 2 amide bonds. The Kier molecular flexibility index (Phi) is 7.24. The molecule has 0 aromatic heterocycles. The smallest absolute Gasteiger partial charge is 0.260 e. The molecule has 0 spiro atoms. The fourth-order valence-corrected chi connectivity index (χ4v) is 5.09. The summed E-state index contributed by atoms with van der Waals surface area (Å²) in [5, 5.41) is 2.81. The lowest BCUT2D eigenvalue weighted by molar-refractivity contribution is -0.134. The van der Waals surface area contributed by atoms with Crippen LogP contribution in [0.2, 0.25) is 0 Å². The number of nitrogens with one attached hydrogen (secondary N) is 1. The highest BCUT2D eigenvalue weighted by molar-refractivity contribution is 7.89. The van der Waals surface area contributed by atoms with Crippen LogP contribution in [0.1, 0.15) is 10.4 Å². The molecule has 0 aliphatic carbocycles. The topological polar surface area (TPSA) is 96.0 Å². The maximum atomic E-state index is 12.8. The van der Waals surface area contributed by atoms with Gasteiger partial charge in [0.15, 0.2) is 6.61 Å². The average Bonchev–Trinajstić information content (AvgIpc) is 2.88. The predicted octanol–water partition coefficient (Wildman–Crippen LogP) is 2.85. The van der Waals surface area contributed by atoms with Crippen LogP contribution in [0, 0.1) is 0 Å². The highest BCUT2D eigenvalue weighted by Gasteiger charge is 2.30. The first kappa shape index (κ1) is 23.5. The molecule has 4 rings (SSSR count). The van der Waals surface area contributed by atoms with Crippen molar-refractivity contribution in [3.8, 4) is 5.75 Å². The van der Waals surface area contributed by atoms with Crippen LogP contribution in [0.25, 0.3) is 0 Å². The quantitative estimate of drug-likeness (QED) is 0.562. The Morgan fingerprint density at radius 1 is 0.794 bits per heavy atom. The summed E-state index contributed by atoms with van der Waals surface area (Å²) in [6.07, 6.45) is 0. The van der Waals surface area contributed by atoms with Crippen LogP contribution in [-0.2, 0) is 14.8 Å². The predicted molar refractivity (Wildman–Crippen MR) is 128 cm³/mol. The molecule has 0 unspecified atom stereocenters. The molecule has 1 saturated heterocycles. The molecule has 0 radical (unpaired) electrons. The minimum atomic E-state index is -3.59. The largest absolute Gasteiger partial charge is 0.483 e. The second-order valence-electron chi connectivity index (χ2n) is 7.70. The van der Waals surface area contributed by atoms with Gasteiger partial charge in [-0.1, -0.05) is 48.5 Å². The minimum Gasteiger partial charge on any atom is -0.483 e. The molecule has 9 heteroatoms. The molecular formula is C25H25N3O5S. The number of para-hydroxylation sites is 2. The van der Waals surface area contributed by atoms with Crippen LogP contribution in [0.3, 0.4) is 0 Å². The minimum absolute atomic E-state index is 0.207. The molecule has 0 atom stereocenters. The zero-order chi connectivity index (χ0) is 24.0. The zero-order valence-electron chi connectivity index (χ0n) is 18.5. The summed E-state index contributed by atoms with van der Waals surface area (Å²) < 4.78 is 32.6. The standard InChI is InChI=1S/C25H25N3O5S/c29-24(27-15-17-28(18-16-27)34(31,32)21-11-5-2-6-12-21)19-33-23-14-8-7-13-22(23)25(30)26-20-9-3-1-4-10-20/h1-14H,15-19H2,(H,26,30). The summed E-state index contributed by atoms with van der Waals surface area (Å²) in [6, 6.07) is 24.0. The van der Waals surface area contributed by atoms with Gasteiger partial charge in [0.25, 0.3) is 11.8 Å². The number of rotatable bonds is 7. The van der Waals surface area contributed by atoms with E-state index in [-0.39, 0.29) is 49.5 Å². The SMILES string of the molecule is O=C(Nc1ccccc1)c1ccccc1OCC(=O)N1CCN(S(=O)(=O)c2ccccc2)CC1. The van der Waals surface area contributed by atoms with E-state index in [0.29, 0.717) is 17.0 Å². The summed E-state index contributed by atoms with van der Waals surface area (Å²) in [4.78, 5) is 27.2. The second kappa shape index (κ2) is 10.5. The first-order valence-electron chi connectivity index (χ1n) is 10.9. The van der Waals surface area contributed by atoms with Crippen molar-refractivity contribution in [2.75, 3.05) is 38.1 Å². The van der Waals surface area contributed by atoms with Gasteiger partial charge >= 0.3 is 0 Å². The number of hydrogen-bond acceptors (Lipinski definition) is 5. The number of amides is 2. The van der Waals surface area contributed by atoms with Crippen molar-refractivity contribution in [3.05, 3.63) is 90.5 Å². The molecule has 3 aromatic carbocycles. The third-order valence-electron chi connectivity index (χ3n) is 5.49. The monoisotopic (exact) mass is 479 g/mol. The number of piperazine rings is 1. The van der Waals surface area contributed by atoms with Crippen molar-refractivity contribution in [2.24, 2.45) is 0 Å². The van der Waals surface area contributed by atoms with E-state index in [9.17, 15) is 18.0 Å². The molecule has 0 bridgehead atoms. The van der Waals surface area contributed by atoms with Crippen molar-refractivity contribution in [3.63, 3.8) is 0 Å². The normalized spacial score (nSPS) is 14.4. The van der Waals surface area contributed by atoms with Gasteiger partial charge in [0.05, 0.1) is 10.5 Å². The lowest BCUT2D eigenvalue weighted by atomic mass is 10.2. The van der Waals surface area contributed by atoms with Crippen LogP contribution in [0.4, 0.5) is 5.69 Å².